The zero-order valence-corrected chi connectivity index (χ0v) is 15.3. The molecule has 0 atom stereocenters. The fraction of sp³-hybridized carbons (Fsp3) is 0.200. The van der Waals surface area contributed by atoms with Crippen LogP contribution < -0.4 is 0 Å². The molecular formula is C20H20ClN3O. The minimum absolute atomic E-state index is 0.0766. The van der Waals surface area contributed by atoms with Gasteiger partial charge in [0.2, 0.25) is 5.91 Å². The number of likely N-dealkylation sites (N-methyl/N-ethyl adjacent to an activating group) is 1. The number of nitrogens with zero attached hydrogens (tertiary/aromatic N) is 3. The summed E-state index contributed by atoms with van der Waals surface area (Å²) in [4.78, 5) is 14.1. The predicted molar refractivity (Wildman–Crippen MR) is 102 cm³/mol. The van der Waals surface area contributed by atoms with E-state index in [1.54, 1.807) is 35.8 Å². The standard InChI is InChI=1S/C20H20ClN3O/c1-14-17(20(21)24(3)22-14)11-12-19(25)23(2)13-16-9-6-8-15-7-4-5-10-18(15)16/h4-12H,13H2,1-3H3/b12-11+. The number of fused-ring (bicyclic) bond motifs is 1. The Morgan fingerprint density at radius 2 is 1.96 bits per heavy atom. The molecule has 0 bridgehead atoms. The number of carbonyl (C=O) groups excluding carboxylic acids is 1. The number of aromatic nitrogens is 2. The van der Waals surface area contributed by atoms with Crippen LogP contribution in [0.4, 0.5) is 0 Å². The van der Waals surface area contributed by atoms with Gasteiger partial charge in [-0.15, -0.1) is 0 Å². The molecule has 0 aliphatic carbocycles. The van der Waals surface area contributed by atoms with Crippen molar-refractivity contribution < 1.29 is 4.79 Å². The van der Waals surface area contributed by atoms with Gasteiger partial charge < -0.3 is 4.90 Å². The third kappa shape index (κ3) is 3.59. The van der Waals surface area contributed by atoms with E-state index in [1.807, 2.05) is 25.1 Å². The van der Waals surface area contributed by atoms with Gasteiger partial charge in [-0.05, 0) is 29.3 Å². The van der Waals surface area contributed by atoms with Gasteiger partial charge in [-0.2, -0.15) is 5.10 Å². The summed E-state index contributed by atoms with van der Waals surface area (Å²) in [5.41, 5.74) is 2.70. The predicted octanol–water partition coefficient (Wildman–Crippen LogP) is 4.21. The third-order valence-electron chi connectivity index (χ3n) is 4.25. The van der Waals surface area contributed by atoms with E-state index in [2.05, 4.69) is 29.4 Å². The van der Waals surface area contributed by atoms with Crippen molar-refractivity contribution in [1.29, 1.82) is 0 Å². The molecule has 0 spiro atoms. The monoisotopic (exact) mass is 353 g/mol. The molecule has 0 fully saturated rings. The summed E-state index contributed by atoms with van der Waals surface area (Å²) >= 11 is 6.20. The number of amides is 1. The minimum atomic E-state index is -0.0766. The van der Waals surface area contributed by atoms with E-state index in [-0.39, 0.29) is 5.91 Å². The van der Waals surface area contributed by atoms with Crippen LogP contribution in [0.1, 0.15) is 16.8 Å². The van der Waals surface area contributed by atoms with Gasteiger partial charge in [-0.25, -0.2) is 0 Å². The number of carbonyl (C=O) groups is 1. The van der Waals surface area contributed by atoms with Crippen LogP contribution in [0.25, 0.3) is 16.8 Å². The van der Waals surface area contributed by atoms with Crippen LogP contribution in [0.2, 0.25) is 5.15 Å². The average molecular weight is 354 g/mol. The Hall–Kier alpha value is -2.59. The molecule has 0 unspecified atom stereocenters. The van der Waals surface area contributed by atoms with Gasteiger partial charge in [0.15, 0.2) is 0 Å². The van der Waals surface area contributed by atoms with Gasteiger partial charge in [-0.1, -0.05) is 54.1 Å². The SMILES string of the molecule is Cc1nn(C)c(Cl)c1/C=C/C(=O)N(C)Cc1cccc2ccccc12. The van der Waals surface area contributed by atoms with Crippen molar-refractivity contribution in [2.45, 2.75) is 13.5 Å². The number of hydrogen-bond acceptors (Lipinski definition) is 2. The van der Waals surface area contributed by atoms with Crippen molar-refractivity contribution in [1.82, 2.24) is 14.7 Å². The van der Waals surface area contributed by atoms with Crippen molar-refractivity contribution in [3.05, 3.63) is 70.5 Å². The Labute approximate surface area is 152 Å². The topological polar surface area (TPSA) is 38.1 Å². The maximum atomic E-state index is 12.5. The van der Waals surface area contributed by atoms with Crippen LogP contribution in [0.5, 0.6) is 0 Å². The maximum Gasteiger partial charge on any atom is 0.246 e. The molecule has 1 aromatic heterocycles. The van der Waals surface area contributed by atoms with E-state index in [9.17, 15) is 4.79 Å². The molecule has 0 aliphatic rings. The summed E-state index contributed by atoms with van der Waals surface area (Å²) in [6.45, 7) is 2.42. The Bertz CT molecular complexity index is 953. The summed E-state index contributed by atoms with van der Waals surface area (Å²) in [6, 6.07) is 14.3. The highest BCUT2D eigenvalue weighted by Gasteiger charge is 2.11. The Balaban J connectivity index is 1.77. The Morgan fingerprint density at radius 3 is 2.68 bits per heavy atom. The van der Waals surface area contributed by atoms with E-state index in [1.165, 1.54) is 10.8 Å². The van der Waals surface area contributed by atoms with Crippen molar-refractivity contribution in [3.8, 4) is 0 Å². The highest BCUT2D eigenvalue weighted by molar-refractivity contribution is 6.31. The zero-order valence-electron chi connectivity index (χ0n) is 14.5. The highest BCUT2D eigenvalue weighted by Crippen LogP contribution is 2.21. The summed E-state index contributed by atoms with van der Waals surface area (Å²) in [7, 11) is 3.58. The molecule has 3 aromatic rings. The molecule has 2 aromatic carbocycles. The lowest BCUT2D eigenvalue weighted by atomic mass is 10.0. The molecule has 0 saturated heterocycles. The van der Waals surface area contributed by atoms with E-state index in [0.29, 0.717) is 11.7 Å². The molecule has 0 radical (unpaired) electrons. The number of halogens is 1. The second kappa shape index (κ2) is 7.11. The summed E-state index contributed by atoms with van der Waals surface area (Å²) in [5, 5.41) is 7.11. The van der Waals surface area contributed by atoms with Gasteiger partial charge in [0.25, 0.3) is 0 Å². The molecule has 4 nitrogen and oxygen atoms in total. The van der Waals surface area contributed by atoms with Crippen LogP contribution in [-0.4, -0.2) is 27.6 Å². The van der Waals surface area contributed by atoms with Crippen LogP contribution >= 0.6 is 11.6 Å². The van der Waals surface area contributed by atoms with E-state index < -0.39 is 0 Å². The summed E-state index contributed by atoms with van der Waals surface area (Å²) < 4.78 is 1.60. The Kier molecular flexibility index (Phi) is 4.91. The van der Waals surface area contributed by atoms with E-state index in [0.717, 1.165) is 16.8 Å². The molecule has 0 saturated carbocycles. The van der Waals surface area contributed by atoms with E-state index >= 15 is 0 Å². The van der Waals surface area contributed by atoms with Crippen LogP contribution in [0, 0.1) is 6.92 Å². The minimum Gasteiger partial charge on any atom is -0.338 e. The zero-order chi connectivity index (χ0) is 18.0. The smallest absolute Gasteiger partial charge is 0.246 e. The van der Waals surface area contributed by atoms with Gasteiger partial charge in [0.1, 0.15) is 5.15 Å². The molecule has 3 rings (SSSR count). The average Bonchev–Trinajstić information content (AvgIpc) is 2.85. The quantitative estimate of drug-likeness (QED) is 0.659. The lowest BCUT2D eigenvalue weighted by molar-refractivity contribution is -0.125. The normalized spacial score (nSPS) is 11.4. The molecule has 1 amide bonds. The molecular weight excluding hydrogens is 334 g/mol. The molecule has 25 heavy (non-hydrogen) atoms. The first kappa shape index (κ1) is 17.2. The molecule has 0 N–H and O–H groups in total. The van der Waals surface area contributed by atoms with Crippen LogP contribution in [0.3, 0.4) is 0 Å². The second-order valence-electron chi connectivity index (χ2n) is 6.08. The van der Waals surface area contributed by atoms with Crippen LogP contribution in [-0.2, 0) is 18.4 Å². The van der Waals surface area contributed by atoms with Crippen molar-refractivity contribution in [2.75, 3.05) is 7.05 Å². The van der Waals surface area contributed by atoms with Gasteiger partial charge >= 0.3 is 0 Å². The van der Waals surface area contributed by atoms with Crippen molar-refractivity contribution in [3.63, 3.8) is 0 Å². The molecule has 1 heterocycles. The van der Waals surface area contributed by atoms with Gasteiger partial charge in [0, 0.05) is 32.3 Å². The second-order valence-corrected chi connectivity index (χ2v) is 6.44. The Morgan fingerprint density at radius 1 is 1.24 bits per heavy atom. The number of hydrogen-bond donors (Lipinski definition) is 0. The van der Waals surface area contributed by atoms with Crippen molar-refractivity contribution >= 4 is 34.4 Å². The number of benzene rings is 2. The molecule has 5 heteroatoms. The maximum absolute atomic E-state index is 12.5. The lowest BCUT2D eigenvalue weighted by Crippen LogP contribution is -2.24. The van der Waals surface area contributed by atoms with Crippen LogP contribution in [0.15, 0.2) is 48.5 Å². The first-order valence-corrected chi connectivity index (χ1v) is 8.44. The number of rotatable bonds is 4. The molecule has 128 valence electrons. The first-order chi connectivity index (χ1) is 12.0. The fourth-order valence-electron chi connectivity index (χ4n) is 2.88. The third-order valence-corrected chi connectivity index (χ3v) is 4.70. The summed E-state index contributed by atoms with van der Waals surface area (Å²) in [6.07, 6.45) is 3.27. The van der Waals surface area contributed by atoms with Crippen molar-refractivity contribution in [2.24, 2.45) is 7.05 Å². The van der Waals surface area contributed by atoms with E-state index in [4.69, 9.17) is 11.6 Å². The molecule has 0 aliphatic heterocycles. The van der Waals surface area contributed by atoms with Gasteiger partial charge in [-0.3, -0.25) is 9.48 Å². The fourth-order valence-corrected chi connectivity index (χ4v) is 3.12. The lowest BCUT2D eigenvalue weighted by Gasteiger charge is -2.16. The summed E-state index contributed by atoms with van der Waals surface area (Å²) in [5.74, 6) is -0.0766. The number of aryl methyl sites for hydroxylation is 2. The largest absolute Gasteiger partial charge is 0.338 e. The van der Waals surface area contributed by atoms with Gasteiger partial charge in [0.05, 0.1) is 5.69 Å². The first-order valence-electron chi connectivity index (χ1n) is 8.06. The highest BCUT2D eigenvalue weighted by atomic mass is 35.5.